The van der Waals surface area contributed by atoms with Gasteiger partial charge in [-0.2, -0.15) is 5.10 Å². The monoisotopic (exact) mass is 305 g/mol. The highest BCUT2D eigenvalue weighted by Gasteiger charge is 2.38. The van der Waals surface area contributed by atoms with Crippen molar-refractivity contribution in [3.8, 4) is 11.5 Å². The molecular weight excluding hydrogens is 286 g/mol. The molecule has 0 aromatic carbocycles. The summed E-state index contributed by atoms with van der Waals surface area (Å²) in [6.45, 7) is 3.89. The molecule has 118 valence electrons. The Balaban J connectivity index is 1.75. The molecule has 1 aliphatic heterocycles. The molecule has 0 spiro atoms. The van der Waals surface area contributed by atoms with Gasteiger partial charge in [0.25, 0.3) is 5.91 Å². The van der Waals surface area contributed by atoms with E-state index in [1.807, 2.05) is 13.0 Å². The number of aryl methyl sites for hydroxylation is 1. The van der Waals surface area contributed by atoms with Gasteiger partial charge in [0, 0.05) is 19.2 Å². The summed E-state index contributed by atoms with van der Waals surface area (Å²) in [6, 6.07) is 5.26. The number of aromatic amines is 1. The van der Waals surface area contributed by atoms with Crippen LogP contribution in [0.25, 0.3) is 11.5 Å². The fourth-order valence-corrected chi connectivity index (χ4v) is 2.51. The lowest BCUT2D eigenvalue weighted by atomic mass is 9.90. The molecule has 0 unspecified atom stereocenters. The van der Waals surface area contributed by atoms with Gasteiger partial charge in [-0.25, -0.2) is 0 Å². The zero-order valence-corrected chi connectivity index (χ0v) is 12.5. The molecule has 0 bridgehead atoms. The summed E-state index contributed by atoms with van der Waals surface area (Å²) in [6.07, 6.45) is -0.634. The maximum absolute atomic E-state index is 12.4. The average molecular weight is 305 g/mol. The minimum absolute atomic E-state index is 0.0912. The first-order valence-corrected chi connectivity index (χ1v) is 7.19. The van der Waals surface area contributed by atoms with Crippen LogP contribution in [0.1, 0.15) is 29.6 Å². The molecule has 1 amide bonds. The summed E-state index contributed by atoms with van der Waals surface area (Å²) in [5, 5.41) is 26.6. The van der Waals surface area contributed by atoms with E-state index in [-0.39, 0.29) is 18.1 Å². The summed E-state index contributed by atoms with van der Waals surface area (Å²) >= 11 is 0. The number of H-pyrrole nitrogens is 1. The molecule has 1 fully saturated rings. The van der Waals surface area contributed by atoms with E-state index >= 15 is 0 Å². The third-order valence-corrected chi connectivity index (χ3v) is 4.09. The molecule has 0 saturated carbocycles. The van der Waals surface area contributed by atoms with Gasteiger partial charge in [0.05, 0.1) is 11.7 Å². The van der Waals surface area contributed by atoms with Crippen LogP contribution in [-0.4, -0.2) is 56.0 Å². The van der Waals surface area contributed by atoms with Gasteiger partial charge in [0.1, 0.15) is 11.5 Å². The molecule has 2 atom stereocenters. The first-order chi connectivity index (χ1) is 10.4. The van der Waals surface area contributed by atoms with Crippen LogP contribution >= 0.6 is 0 Å². The Hall–Kier alpha value is -2.12. The van der Waals surface area contributed by atoms with Crippen LogP contribution in [0, 0.1) is 6.92 Å². The zero-order valence-electron chi connectivity index (χ0n) is 12.5. The quantitative estimate of drug-likeness (QED) is 0.766. The Morgan fingerprint density at radius 3 is 2.95 bits per heavy atom. The number of piperidine rings is 1. The highest BCUT2D eigenvalue weighted by molar-refractivity contribution is 5.93. The first-order valence-electron chi connectivity index (χ1n) is 7.19. The number of carbonyl (C=O) groups excluding carboxylic acids is 1. The summed E-state index contributed by atoms with van der Waals surface area (Å²) in [5.74, 6) is 1.12. The van der Waals surface area contributed by atoms with E-state index in [4.69, 9.17) is 4.42 Å². The lowest BCUT2D eigenvalue weighted by Gasteiger charge is -2.39. The number of furan rings is 1. The van der Waals surface area contributed by atoms with Crippen LogP contribution < -0.4 is 0 Å². The third kappa shape index (κ3) is 2.65. The predicted molar refractivity (Wildman–Crippen MR) is 78.2 cm³/mol. The largest absolute Gasteiger partial charge is 0.460 e. The van der Waals surface area contributed by atoms with Crippen LogP contribution in [0.3, 0.4) is 0 Å². The van der Waals surface area contributed by atoms with Crippen molar-refractivity contribution in [2.24, 2.45) is 0 Å². The van der Waals surface area contributed by atoms with Gasteiger partial charge >= 0.3 is 0 Å². The Morgan fingerprint density at radius 2 is 2.32 bits per heavy atom. The molecule has 1 aliphatic rings. The topological polar surface area (TPSA) is 103 Å². The number of rotatable bonds is 2. The molecule has 3 heterocycles. The average Bonchev–Trinajstić information content (AvgIpc) is 3.09. The van der Waals surface area contributed by atoms with Crippen molar-refractivity contribution < 1.29 is 19.4 Å². The van der Waals surface area contributed by atoms with Crippen LogP contribution in [-0.2, 0) is 0 Å². The minimum atomic E-state index is -1.15. The van der Waals surface area contributed by atoms with E-state index in [1.165, 1.54) is 4.90 Å². The number of aromatic nitrogens is 2. The molecule has 1 saturated heterocycles. The Bertz CT molecular complexity index is 689. The molecule has 2 aromatic heterocycles. The van der Waals surface area contributed by atoms with E-state index in [9.17, 15) is 15.0 Å². The van der Waals surface area contributed by atoms with Crippen molar-refractivity contribution in [3.05, 3.63) is 29.7 Å². The summed E-state index contributed by atoms with van der Waals surface area (Å²) < 4.78 is 5.48. The molecule has 3 rings (SSSR count). The smallest absolute Gasteiger partial charge is 0.274 e. The van der Waals surface area contributed by atoms with Crippen LogP contribution in [0.5, 0.6) is 0 Å². The number of nitrogens with one attached hydrogen (secondary N) is 1. The Kier molecular flexibility index (Phi) is 3.54. The lowest BCUT2D eigenvalue weighted by molar-refractivity contribution is -0.0999. The third-order valence-electron chi connectivity index (χ3n) is 4.09. The van der Waals surface area contributed by atoms with Gasteiger partial charge in [-0.15, -0.1) is 0 Å². The number of amides is 1. The predicted octanol–water partition coefficient (Wildman–Crippen LogP) is 0.936. The number of likely N-dealkylation sites (tertiary alicyclic amines) is 1. The number of nitrogens with zero attached hydrogens (tertiary/aromatic N) is 2. The lowest BCUT2D eigenvalue weighted by Crippen LogP contribution is -2.55. The van der Waals surface area contributed by atoms with E-state index in [2.05, 4.69) is 10.2 Å². The standard InChI is InChI=1S/C15H19N3O4/c1-9-3-4-12(22-9)10-7-11(17-16-10)14(20)18-6-5-15(2,21)13(19)8-18/h3-4,7,13,19,21H,5-6,8H2,1-2H3,(H,16,17)/t13-,15-/m0/s1. The summed E-state index contributed by atoms with van der Waals surface area (Å²) in [4.78, 5) is 13.9. The molecule has 22 heavy (non-hydrogen) atoms. The van der Waals surface area contributed by atoms with Gasteiger partial charge in [-0.3, -0.25) is 9.89 Å². The number of hydrogen-bond acceptors (Lipinski definition) is 5. The molecule has 7 heteroatoms. The van der Waals surface area contributed by atoms with Gasteiger partial charge in [0.15, 0.2) is 11.5 Å². The normalized spacial score (nSPS) is 25.5. The van der Waals surface area contributed by atoms with Gasteiger partial charge in [-0.05, 0) is 32.4 Å². The van der Waals surface area contributed by atoms with Gasteiger partial charge in [0.2, 0.25) is 0 Å². The highest BCUT2D eigenvalue weighted by atomic mass is 16.3. The van der Waals surface area contributed by atoms with Crippen molar-refractivity contribution in [1.29, 1.82) is 0 Å². The molecule has 2 aromatic rings. The zero-order chi connectivity index (χ0) is 15.9. The molecule has 0 radical (unpaired) electrons. The molecule has 3 N–H and O–H groups in total. The second-order valence-electron chi connectivity index (χ2n) is 5.95. The van der Waals surface area contributed by atoms with Crippen LogP contribution in [0.4, 0.5) is 0 Å². The van der Waals surface area contributed by atoms with Crippen molar-refractivity contribution in [1.82, 2.24) is 15.1 Å². The fraction of sp³-hybridized carbons (Fsp3) is 0.467. The SMILES string of the molecule is Cc1ccc(-c2cc(C(=O)N3CC[C@](C)(O)[C@@H](O)C3)n[nH]2)o1. The number of aliphatic hydroxyl groups is 2. The van der Waals surface area contributed by atoms with Crippen molar-refractivity contribution in [2.45, 2.75) is 32.0 Å². The Morgan fingerprint density at radius 1 is 1.55 bits per heavy atom. The number of aliphatic hydroxyl groups excluding tert-OH is 1. The fourth-order valence-electron chi connectivity index (χ4n) is 2.51. The van der Waals surface area contributed by atoms with Crippen molar-refractivity contribution in [3.63, 3.8) is 0 Å². The first kappa shape index (κ1) is 14.8. The Labute approximate surface area is 127 Å². The van der Waals surface area contributed by atoms with Crippen LogP contribution in [0.2, 0.25) is 0 Å². The maximum Gasteiger partial charge on any atom is 0.274 e. The molecular formula is C15H19N3O4. The summed E-state index contributed by atoms with van der Waals surface area (Å²) in [5.41, 5.74) is -0.266. The molecule has 0 aliphatic carbocycles. The van der Waals surface area contributed by atoms with E-state index < -0.39 is 11.7 Å². The van der Waals surface area contributed by atoms with Crippen molar-refractivity contribution >= 4 is 5.91 Å². The van der Waals surface area contributed by atoms with Crippen LogP contribution in [0.15, 0.2) is 22.6 Å². The minimum Gasteiger partial charge on any atom is -0.460 e. The second kappa shape index (κ2) is 5.26. The van der Waals surface area contributed by atoms with Gasteiger partial charge in [-0.1, -0.05) is 0 Å². The second-order valence-corrected chi connectivity index (χ2v) is 5.95. The number of β-amino-alcohol motifs (C(OH)–C–C–N with tert-alkyl or cyclic N) is 1. The van der Waals surface area contributed by atoms with E-state index in [0.717, 1.165) is 5.76 Å². The number of carbonyl (C=O) groups is 1. The van der Waals surface area contributed by atoms with Crippen molar-refractivity contribution in [2.75, 3.05) is 13.1 Å². The van der Waals surface area contributed by atoms with E-state index in [0.29, 0.717) is 24.4 Å². The molecule has 7 nitrogen and oxygen atoms in total. The summed E-state index contributed by atoms with van der Waals surface area (Å²) in [7, 11) is 0. The number of hydrogen-bond donors (Lipinski definition) is 3. The van der Waals surface area contributed by atoms with Gasteiger partial charge < -0.3 is 19.5 Å². The maximum atomic E-state index is 12.4. The highest BCUT2D eigenvalue weighted by Crippen LogP contribution is 2.24. The van der Waals surface area contributed by atoms with E-state index in [1.54, 1.807) is 19.1 Å².